The van der Waals surface area contributed by atoms with E-state index in [9.17, 15) is 14.3 Å². The second kappa shape index (κ2) is 6.30. The zero-order valence-electron chi connectivity index (χ0n) is 14.0. The number of carbonyl (C=O) groups is 1. The van der Waals surface area contributed by atoms with Gasteiger partial charge in [0, 0.05) is 12.5 Å². The minimum Gasteiger partial charge on any atom is -0.459 e. The quantitative estimate of drug-likeness (QED) is 0.899. The van der Waals surface area contributed by atoms with Gasteiger partial charge in [-0.25, -0.2) is 4.39 Å². The Morgan fingerprint density at radius 2 is 2.00 bits per heavy atom. The summed E-state index contributed by atoms with van der Waals surface area (Å²) in [4.78, 5) is 14.8. The van der Waals surface area contributed by atoms with E-state index in [1.807, 2.05) is 0 Å². The molecular weight excluding hydrogens is 321 g/mol. The predicted molar refractivity (Wildman–Crippen MR) is 90.4 cm³/mol. The lowest BCUT2D eigenvalue weighted by Crippen LogP contribution is -2.56. The summed E-state index contributed by atoms with van der Waals surface area (Å²) in [5, 5.41) is 11.2. The third kappa shape index (κ3) is 2.86. The van der Waals surface area contributed by atoms with Gasteiger partial charge in [-0.3, -0.25) is 4.79 Å². The molecule has 1 aromatic heterocycles. The summed E-state index contributed by atoms with van der Waals surface area (Å²) in [6.45, 7) is 0.467. The Bertz CT molecular complexity index is 743. The van der Waals surface area contributed by atoms with E-state index in [-0.39, 0.29) is 23.7 Å². The Hall–Kier alpha value is -2.14. The maximum Gasteiger partial charge on any atom is 0.290 e. The van der Waals surface area contributed by atoms with Crippen molar-refractivity contribution < 1.29 is 18.7 Å². The molecule has 1 saturated heterocycles. The van der Waals surface area contributed by atoms with Crippen LogP contribution < -0.4 is 0 Å². The van der Waals surface area contributed by atoms with E-state index in [2.05, 4.69) is 0 Å². The van der Waals surface area contributed by atoms with Crippen LogP contribution in [0.2, 0.25) is 0 Å². The SMILES string of the molecule is O=C(c1ccco1)N1CC[C@@]2(O)CCCC[C@@H]2[C@H]1c1ccc(F)cc1. The molecule has 4 rings (SSSR count). The summed E-state index contributed by atoms with van der Waals surface area (Å²) >= 11 is 0. The molecule has 1 amide bonds. The lowest BCUT2D eigenvalue weighted by molar-refractivity contribution is -0.115. The van der Waals surface area contributed by atoms with Gasteiger partial charge in [0.2, 0.25) is 0 Å². The largest absolute Gasteiger partial charge is 0.459 e. The molecule has 0 bridgehead atoms. The van der Waals surface area contributed by atoms with Crippen LogP contribution >= 0.6 is 0 Å². The summed E-state index contributed by atoms with van der Waals surface area (Å²) in [6, 6.07) is 9.37. The normalized spacial score (nSPS) is 29.3. The van der Waals surface area contributed by atoms with Crippen molar-refractivity contribution in [2.24, 2.45) is 5.92 Å². The fraction of sp³-hybridized carbons (Fsp3) is 0.450. The molecule has 0 radical (unpaired) electrons. The van der Waals surface area contributed by atoms with Crippen LogP contribution in [0.1, 0.15) is 54.3 Å². The summed E-state index contributed by atoms with van der Waals surface area (Å²) in [5.41, 5.74) is 0.114. The fourth-order valence-corrected chi connectivity index (χ4v) is 4.52. The van der Waals surface area contributed by atoms with E-state index in [1.165, 1.54) is 18.4 Å². The Kier molecular flexibility index (Phi) is 4.12. The van der Waals surface area contributed by atoms with Crippen LogP contribution in [0.25, 0.3) is 0 Å². The van der Waals surface area contributed by atoms with Crippen LogP contribution in [0, 0.1) is 11.7 Å². The highest BCUT2D eigenvalue weighted by Crippen LogP contribution is 2.49. The molecule has 3 atom stereocenters. The van der Waals surface area contributed by atoms with Crippen molar-refractivity contribution in [3.63, 3.8) is 0 Å². The van der Waals surface area contributed by atoms with E-state index >= 15 is 0 Å². The van der Waals surface area contributed by atoms with Crippen LogP contribution in [-0.4, -0.2) is 28.1 Å². The van der Waals surface area contributed by atoms with Crippen molar-refractivity contribution >= 4 is 5.91 Å². The van der Waals surface area contributed by atoms with Gasteiger partial charge in [-0.15, -0.1) is 0 Å². The molecule has 132 valence electrons. The molecule has 25 heavy (non-hydrogen) atoms. The maximum atomic E-state index is 13.4. The third-order valence-electron chi connectivity index (χ3n) is 5.77. The molecule has 4 nitrogen and oxygen atoms in total. The second-order valence-electron chi connectivity index (χ2n) is 7.18. The number of hydrogen-bond acceptors (Lipinski definition) is 3. The molecule has 2 fully saturated rings. The average molecular weight is 343 g/mol. The summed E-state index contributed by atoms with van der Waals surface area (Å²) in [6.07, 6.45) is 5.73. The number of hydrogen-bond donors (Lipinski definition) is 1. The van der Waals surface area contributed by atoms with E-state index in [4.69, 9.17) is 4.42 Å². The summed E-state index contributed by atoms with van der Waals surface area (Å²) < 4.78 is 18.7. The molecular formula is C20H22FNO3. The summed E-state index contributed by atoms with van der Waals surface area (Å²) in [7, 11) is 0. The second-order valence-corrected chi connectivity index (χ2v) is 7.18. The lowest BCUT2D eigenvalue weighted by Gasteiger charge is -2.52. The first-order valence-electron chi connectivity index (χ1n) is 8.91. The Morgan fingerprint density at radius 3 is 2.72 bits per heavy atom. The topological polar surface area (TPSA) is 53.7 Å². The van der Waals surface area contributed by atoms with Crippen molar-refractivity contribution in [3.05, 3.63) is 59.8 Å². The Balaban J connectivity index is 1.74. The number of rotatable bonds is 2. The van der Waals surface area contributed by atoms with Gasteiger partial charge < -0.3 is 14.4 Å². The van der Waals surface area contributed by atoms with Gasteiger partial charge in [-0.1, -0.05) is 25.0 Å². The van der Waals surface area contributed by atoms with Crippen LogP contribution in [0.4, 0.5) is 4.39 Å². The molecule has 2 heterocycles. The minimum absolute atomic E-state index is 0.0422. The Labute approximate surface area is 146 Å². The number of nitrogens with zero attached hydrogens (tertiary/aromatic N) is 1. The smallest absolute Gasteiger partial charge is 0.290 e. The van der Waals surface area contributed by atoms with Crippen molar-refractivity contribution in [1.29, 1.82) is 0 Å². The zero-order chi connectivity index (χ0) is 17.4. The van der Waals surface area contributed by atoms with Gasteiger partial charge in [0.15, 0.2) is 5.76 Å². The molecule has 2 aliphatic rings. The number of fused-ring (bicyclic) bond motifs is 1. The number of likely N-dealkylation sites (tertiary alicyclic amines) is 1. The molecule has 1 aromatic carbocycles. The number of furan rings is 1. The number of benzene rings is 1. The van der Waals surface area contributed by atoms with Crippen molar-refractivity contribution in [2.75, 3.05) is 6.54 Å². The van der Waals surface area contributed by atoms with E-state index in [1.54, 1.807) is 29.2 Å². The highest BCUT2D eigenvalue weighted by molar-refractivity contribution is 5.91. The van der Waals surface area contributed by atoms with Crippen LogP contribution in [0.3, 0.4) is 0 Å². The van der Waals surface area contributed by atoms with Gasteiger partial charge in [0.05, 0.1) is 17.9 Å². The van der Waals surface area contributed by atoms with E-state index in [0.29, 0.717) is 18.7 Å². The number of amides is 1. The van der Waals surface area contributed by atoms with Crippen molar-refractivity contribution in [1.82, 2.24) is 4.90 Å². The molecule has 1 N–H and O–H groups in total. The first kappa shape index (κ1) is 16.3. The number of aliphatic hydroxyl groups is 1. The molecule has 0 spiro atoms. The van der Waals surface area contributed by atoms with Crippen molar-refractivity contribution in [2.45, 2.75) is 43.7 Å². The van der Waals surface area contributed by atoms with Crippen LogP contribution in [0.5, 0.6) is 0 Å². The van der Waals surface area contributed by atoms with Gasteiger partial charge >= 0.3 is 0 Å². The fourth-order valence-electron chi connectivity index (χ4n) is 4.52. The molecule has 2 aromatic rings. The molecule has 1 aliphatic carbocycles. The zero-order valence-corrected chi connectivity index (χ0v) is 14.0. The van der Waals surface area contributed by atoms with Gasteiger partial charge in [0.25, 0.3) is 5.91 Å². The molecule has 0 unspecified atom stereocenters. The standard InChI is InChI=1S/C20H22FNO3/c21-15-8-6-14(7-9-15)18-16-4-1-2-10-20(16,24)11-12-22(18)19(23)17-5-3-13-25-17/h3,5-9,13,16,18,24H,1-2,4,10-12H2/t16-,18-,20+/m1/s1. The average Bonchev–Trinajstić information content (AvgIpc) is 3.15. The third-order valence-corrected chi connectivity index (χ3v) is 5.77. The van der Waals surface area contributed by atoms with Gasteiger partial charge in [-0.2, -0.15) is 0 Å². The van der Waals surface area contributed by atoms with Crippen LogP contribution in [-0.2, 0) is 0 Å². The lowest BCUT2D eigenvalue weighted by atomic mass is 9.66. The predicted octanol–water partition coefficient (Wildman–Crippen LogP) is 3.93. The van der Waals surface area contributed by atoms with E-state index < -0.39 is 5.60 Å². The van der Waals surface area contributed by atoms with Gasteiger partial charge in [-0.05, 0) is 49.1 Å². The molecule has 1 aliphatic heterocycles. The molecule has 1 saturated carbocycles. The first-order valence-corrected chi connectivity index (χ1v) is 8.91. The minimum atomic E-state index is -0.753. The number of halogens is 1. The monoisotopic (exact) mass is 343 g/mol. The van der Waals surface area contributed by atoms with Crippen LogP contribution in [0.15, 0.2) is 47.1 Å². The number of piperidine rings is 1. The highest BCUT2D eigenvalue weighted by atomic mass is 19.1. The van der Waals surface area contributed by atoms with Crippen molar-refractivity contribution in [3.8, 4) is 0 Å². The van der Waals surface area contributed by atoms with E-state index in [0.717, 1.165) is 31.2 Å². The Morgan fingerprint density at radius 1 is 1.20 bits per heavy atom. The van der Waals surface area contributed by atoms with Gasteiger partial charge in [0.1, 0.15) is 5.82 Å². The first-order chi connectivity index (χ1) is 12.1. The number of carbonyl (C=O) groups excluding carboxylic acids is 1. The highest BCUT2D eigenvalue weighted by Gasteiger charge is 2.50. The summed E-state index contributed by atoms with van der Waals surface area (Å²) in [5.74, 6) is -0.220. The molecule has 5 heteroatoms. The maximum absolute atomic E-state index is 13.4.